The highest BCUT2D eigenvalue weighted by Gasteiger charge is 2.47. The normalized spacial score (nSPS) is 17.4. The molecule has 0 aliphatic carbocycles. The van der Waals surface area contributed by atoms with Crippen molar-refractivity contribution in [1.29, 1.82) is 0 Å². The maximum Gasteiger partial charge on any atom is 0.300 e. The van der Waals surface area contributed by atoms with Gasteiger partial charge < -0.3 is 9.84 Å². The second kappa shape index (κ2) is 9.69. The fourth-order valence-corrected chi connectivity index (χ4v) is 3.99. The Balaban J connectivity index is 1.81. The Morgan fingerprint density at radius 1 is 1.09 bits per heavy atom. The van der Waals surface area contributed by atoms with E-state index >= 15 is 0 Å². The molecule has 1 aromatic heterocycles. The van der Waals surface area contributed by atoms with Gasteiger partial charge in [-0.15, -0.1) is 0 Å². The van der Waals surface area contributed by atoms with Gasteiger partial charge in [-0.25, -0.2) is 0 Å². The van der Waals surface area contributed by atoms with E-state index < -0.39 is 17.7 Å². The summed E-state index contributed by atoms with van der Waals surface area (Å²) < 4.78 is 5.71. The number of aromatic nitrogens is 1. The van der Waals surface area contributed by atoms with Crippen molar-refractivity contribution in [2.24, 2.45) is 5.92 Å². The van der Waals surface area contributed by atoms with Gasteiger partial charge in [0.2, 0.25) is 0 Å². The molecule has 0 saturated carbocycles. The van der Waals surface area contributed by atoms with E-state index in [1.807, 2.05) is 6.92 Å². The molecule has 2 aromatic carbocycles. The van der Waals surface area contributed by atoms with Crippen LogP contribution in [0.25, 0.3) is 5.76 Å². The van der Waals surface area contributed by atoms with Crippen molar-refractivity contribution >= 4 is 34.7 Å². The van der Waals surface area contributed by atoms with Gasteiger partial charge in [0, 0.05) is 28.7 Å². The van der Waals surface area contributed by atoms with Crippen LogP contribution in [-0.4, -0.2) is 28.4 Å². The molecule has 34 heavy (non-hydrogen) atoms. The highest BCUT2D eigenvalue weighted by molar-refractivity contribution is 6.51. The molecule has 0 radical (unpaired) electrons. The van der Waals surface area contributed by atoms with E-state index in [1.165, 1.54) is 4.90 Å². The van der Waals surface area contributed by atoms with E-state index in [0.29, 0.717) is 40.1 Å². The van der Waals surface area contributed by atoms with Gasteiger partial charge in [0.05, 0.1) is 18.2 Å². The molecular formula is C27H25ClN2O4. The maximum absolute atomic E-state index is 13.2. The second-order valence-corrected chi connectivity index (χ2v) is 9.02. The molecule has 0 spiro atoms. The summed E-state index contributed by atoms with van der Waals surface area (Å²) in [6, 6.07) is 14.6. The molecule has 0 bridgehead atoms. The first-order valence-corrected chi connectivity index (χ1v) is 11.4. The van der Waals surface area contributed by atoms with Crippen LogP contribution in [0.5, 0.6) is 5.75 Å². The third kappa shape index (κ3) is 4.54. The van der Waals surface area contributed by atoms with Crippen LogP contribution in [0.2, 0.25) is 5.02 Å². The summed E-state index contributed by atoms with van der Waals surface area (Å²) in [5.74, 6) is -0.724. The van der Waals surface area contributed by atoms with Gasteiger partial charge in [-0.2, -0.15) is 0 Å². The van der Waals surface area contributed by atoms with Crippen molar-refractivity contribution in [2.45, 2.75) is 26.8 Å². The van der Waals surface area contributed by atoms with E-state index in [9.17, 15) is 14.7 Å². The number of carbonyl (C=O) groups is 2. The summed E-state index contributed by atoms with van der Waals surface area (Å²) in [6.07, 6.45) is 3.16. The number of aliphatic hydroxyl groups excluding tert-OH is 1. The fraction of sp³-hybridized carbons (Fsp3) is 0.222. The number of rotatable bonds is 6. The third-order valence-electron chi connectivity index (χ3n) is 5.61. The minimum absolute atomic E-state index is 0.00347. The van der Waals surface area contributed by atoms with Crippen LogP contribution in [0.3, 0.4) is 0 Å². The lowest BCUT2D eigenvalue weighted by atomic mass is 9.95. The van der Waals surface area contributed by atoms with Crippen molar-refractivity contribution < 1.29 is 19.4 Å². The average molecular weight is 477 g/mol. The molecule has 1 N–H and O–H groups in total. The van der Waals surface area contributed by atoms with Gasteiger partial charge in [0.1, 0.15) is 11.5 Å². The average Bonchev–Trinajstić information content (AvgIpc) is 3.10. The number of ketones is 1. The monoisotopic (exact) mass is 476 g/mol. The van der Waals surface area contributed by atoms with Crippen LogP contribution in [0.1, 0.15) is 36.6 Å². The van der Waals surface area contributed by atoms with Gasteiger partial charge in [-0.05, 0) is 72.5 Å². The molecule has 1 aliphatic rings. The summed E-state index contributed by atoms with van der Waals surface area (Å²) in [7, 11) is 0. The first-order chi connectivity index (χ1) is 16.3. The second-order valence-electron chi connectivity index (χ2n) is 8.61. The van der Waals surface area contributed by atoms with Gasteiger partial charge in [-0.3, -0.25) is 19.5 Å². The van der Waals surface area contributed by atoms with Crippen LogP contribution in [0.4, 0.5) is 5.69 Å². The van der Waals surface area contributed by atoms with Crippen LogP contribution in [-0.2, 0) is 9.59 Å². The lowest BCUT2D eigenvalue weighted by Gasteiger charge is -2.25. The number of halogens is 1. The van der Waals surface area contributed by atoms with Gasteiger partial charge in [0.15, 0.2) is 0 Å². The topological polar surface area (TPSA) is 79.7 Å². The van der Waals surface area contributed by atoms with Crippen molar-refractivity contribution in [3.05, 3.63) is 94.3 Å². The molecule has 2 heterocycles. The SMILES string of the molecule is Cc1ccc(N2C(=O)C(=O)/C(=C(/O)c3ccc(OCC(C)C)cc3)C2c2ccncc2)cc1Cl. The molecule has 1 unspecified atom stereocenters. The molecule has 1 amide bonds. The van der Waals surface area contributed by atoms with E-state index in [2.05, 4.69) is 18.8 Å². The minimum Gasteiger partial charge on any atom is -0.507 e. The van der Waals surface area contributed by atoms with Gasteiger partial charge in [-0.1, -0.05) is 31.5 Å². The maximum atomic E-state index is 13.2. The zero-order chi connectivity index (χ0) is 24.4. The number of nitrogens with zero attached hydrogens (tertiary/aromatic N) is 2. The summed E-state index contributed by atoms with van der Waals surface area (Å²) in [5, 5.41) is 11.7. The number of anilines is 1. The number of hydrogen-bond donors (Lipinski definition) is 1. The number of aliphatic hydroxyl groups is 1. The first kappa shape index (κ1) is 23.5. The summed E-state index contributed by atoms with van der Waals surface area (Å²) in [4.78, 5) is 31.8. The number of Topliss-reactive ketones (excluding diaryl/α,β-unsaturated/α-hetero) is 1. The van der Waals surface area contributed by atoms with Gasteiger partial charge in [0.25, 0.3) is 11.7 Å². The van der Waals surface area contributed by atoms with Crippen molar-refractivity contribution in [1.82, 2.24) is 4.98 Å². The number of pyridine rings is 1. The Hall–Kier alpha value is -3.64. The Bertz CT molecular complexity index is 1250. The summed E-state index contributed by atoms with van der Waals surface area (Å²) >= 11 is 6.32. The number of benzene rings is 2. The van der Waals surface area contributed by atoms with Crippen molar-refractivity contribution in [3.63, 3.8) is 0 Å². The molecule has 3 aromatic rings. The molecule has 6 nitrogen and oxygen atoms in total. The van der Waals surface area contributed by atoms with E-state index in [-0.39, 0.29) is 11.3 Å². The van der Waals surface area contributed by atoms with Crippen LogP contribution in [0, 0.1) is 12.8 Å². The molecule has 1 fully saturated rings. The molecule has 174 valence electrons. The van der Waals surface area contributed by atoms with Crippen LogP contribution in [0.15, 0.2) is 72.6 Å². The Morgan fingerprint density at radius 2 is 1.76 bits per heavy atom. The predicted octanol–water partition coefficient (Wildman–Crippen LogP) is 5.70. The molecule has 1 aliphatic heterocycles. The number of hydrogen-bond acceptors (Lipinski definition) is 5. The van der Waals surface area contributed by atoms with Crippen molar-refractivity contribution in [3.8, 4) is 5.75 Å². The van der Waals surface area contributed by atoms with Crippen molar-refractivity contribution in [2.75, 3.05) is 11.5 Å². The summed E-state index contributed by atoms with van der Waals surface area (Å²) in [5.41, 5.74) is 2.38. The van der Waals surface area contributed by atoms with E-state index in [1.54, 1.807) is 67.0 Å². The zero-order valence-electron chi connectivity index (χ0n) is 19.2. The zero-order valence-corrected chi connectivity index (χ0v) is 19.9. The number of aryl methyl sites for hydroxylation is 1. The molecule has 1 atom stereocenters. The number of amides is 1. The third-order valence-corrected chi connectivity index (χ3v) is 6.02. The highest BCUT2D eigenvalue weighted by Crippen LogP contribution is 2.42. The smallest absolute Gasteiger partial charge is 0.300 e. The number of carbonyl (C=O) groups excluding carboxylic acids is 2. The molecular weight excluding hydrogens is 452 g/mol. The predicted molar refractivity (Wildman–Crippen MR) is 132 cm³/mol. The largest absolute Gasteiger partial charge is 0.507 e. The quantitative estimate of drug-likeness (QED) is 0.280. The fourth-order valence-electron chi connectivity index (χ4n) is 3.82. The highest BCUT2D eigenvalue weighted by atomic mass is 35.5. The molecule has 4 rings (SSSR count). The Kier molecular flexibility index (Phi) is 6.70. The first-order valence-electron chi connectivity index (χ1n) is 11.0. The van der Waals surface area contributed by atoms with E-state index in [4.69, 9.17) is 16.3 Å². The van der Waals surface area contributed by atoms with Gasteiger partial charge >= 0.3 is 0 Å². The Morgan fingerprint density at radius 3 is 2.38 bits per heavy atom. The van der Waals surface area contributed by atoms with Crippen LogP contribution < -0.4 is 9.64 Å². The summed E-state index contributed by atoms with van der Waals surface area (Å²) in [6.45, 7) is 6.53. The Labute approximate surface area is 203 Å². The molecule has 7 heteroatoms. The molecule has 1 saturated heterocycles. The van der Waals surface area contributed by atoms with Crippen LogP contribution >= 0.6 is 11.6 Å². The number of ether oxygens (including phenoxy) is 1. The van der Waals surface area contributed by atoms with E-state index in [0.717, 1.165) is 5.56 Å². The lowest BCUT2D eigenvalue weighted by Crippen LogP contribution is -2.29. The lowest BCUT2D eigenvalue weighted by molar-refractivity contribution is -0.132. The minimum atomic E-state index is -0.835. The standard InChI is InChI=1S/C27H25ClN2O4/c1-16(2)15-34-21-8-5-19(6-9-21)25(31)23-24(18-10-12-29-13-11-18)30(27(33)26(23)32)20-7-4-17(3)22(28)14-20/h4-14,16,24,31H,15H2,1-3H3/b25-23+.